The van der Waals surface area contributed by atoms with E-state index in [1.54, 1.807) is 18.5 Å². The summed E-state index contributed by atoms with van der Waals surface area (Å²) in [6.45, 7) is 0.141. The highest BCUT2D eigenvalue weighted by atomic mass is 19.4. The number of halogens is 3. The number of nitrogens with zero attached hydrogens (tertiary/aromatic N) is 2. The molecule has 1 heterocycles. The van der Waals surface area contributed by atoms with Gasteiger partial charge in [-0.25, -0.2) is 9.97 Å². The minimum Gasteiger partial charge on any atom is -0.390 e. The number of hydrogen-bond acceptors (Lipinski definition) is 5. The minimum absolute atomic E-state index is 0.141. The van der Waals surface area contributed by atoms with Crippen molar-refractivity contribution in [1.82, 2.24) is 15.3 Å². The number of benzene rings is 1. The Morgan fingerprint density at radius 3 is 2.56 bits per heavy atom. The van der Waals surface area contributed by atoms with Crippen LogP contribution in [0.5, 0.6) is 0 Å². The molecule has 0 spiro atoms. The van der Waals surface area contributed by atoms with E-state index in [1.165, 1.54) is 12.4 Å². The first kappa shape index (κ1) is 17.8. The second-order valence-corrected chi connectivity index (χ2v) is 6.18. The molecule has 1 saturated carbocycles. The molecule has 1 aromatic carbocycles. The summed E-state index contributed by atoms with van der Waals surface area (Å²) in [6, 6.07) is 4.52. The lowest BCUT2D eigenvalue weighted by Crippen LogP contribution is -2.42. The van der Waals surface area contributed by atoms with Crippen molar-refractivity contribution in [3.8, 4) is 0 Å². The summed E-state index contributed by atoms with van der Waals surface area (Å²) in [5, 5.41) is 23.3. The summed E-state index contributed by atoms with van der Waals surface area (Å²) in [5.74, 6) is -0.225. The van der Waals surface area contributed by atoms with Gasteiger partial charge in [-0.15, -0.1) is 0 Å². The lowest BCUT2D eigenvalue weighted by molar-refractivity contribution is -0.137. The van der Waals surface area contributed by atoms with Crippen LogP contribution < -0.4 is 5.32 Å². The highest BCUT2D eigenvalue weighted by molar-refractivity contribution is 5.26. The van der Waals surface area contributed by atoms with Gasteiger partial charge in [0.15, 0.2) is 0 Å². The fourth-order valence-corrected chi connectivity index (χ4v) is 3.23. The van der Waals surface area contributed by atoms with E-state index in [4.69, 9.17) is 0 Å². The van der Waals surface area contributed by atoms with Crippen molar-refractivity contribution in [3.63, 3.8) is 0 Å². The van der Waals surface area contributed by atoms with Crippen LogP contribution in [0.3, 0.4) is 0 Å². The summed E-state index contributed by atoms with van der Waals surface area (Å²) in [7, 11) is 0. The first-order chi connectivity index (χ1) is 11.9. The zero-order valence-electron chi connectivity index (χ0n) is 13.2. The molecular weight excluding hydrogens is 335 g/mol. The third kappa shape index (κ3) is 3.97. The number of hydrogen-bond donors (Lipinski definition) is 3. The van der Waals surface area contributed by atoms with Gasteiger partial charge in [0.25, 0.3) is 0 Å². The average molecular weight is 353 g/mol. The number of aromatic nitrogens is 2. The molecule has 0 aliphatic heterocycles. The Labute approximate surface area is 142 Å². The molecule has 2 aromatic rings. The van der Waals surface area contributed by atoms with E-state index in [9.17, 15) is 23.4 Å². The van der Waals surface area contributed by atoms with E-state index in [0.29, 0.717) is 12.0 Å². The first-order valence-electron chi connectivity index (χ1n) is 7.87. The molecule has 1 aliphatic rings. The fourth-order valence-electron chi connectivity index (χ4n) is 3.23. The van der Waals surface area contributed by atoms with Crippen LogP contribution in [0.2, 0.25) is 0 Å². The third-order valence-corrected chi connectivity index (χ3v) is 4.50. The van der Waals surface area contributed by atoms with Crippen LogP contribution in [0.25, 0.3) is 0 Å². The van der Waals surface area contributed by atoms with E-state index in [0.717, 1.165) is 17.7 Å². The molecule has 0 amide bonds. The van der Waals surface area contributed by atoms with Crippen LogP contribution in [0.15, 0.2) is 43.0 Å². The molecule has 1 aliphatic carbocycles. The van der Waals surface area contributed by atoms with E-state index in [2.05, 4.69) is 15.3 Å². The summed E-state index contributed by atoms with van der Waals surface area (Å²) < 4.78 is 38.4. The molecular formula is C17H18F3N3O2. The molecule has 3 N–H and O–H groups in total. The summed E-state index contributed by atoms with van der Waals surface area (Å²) in [4.78, 5) is 7.89. The van der Waals surface area contributed by atoms with Crippen molar-refractivity contribution in [2.24, 2.45) is 0 Å². The van der Waals surface area contributed by atoms with Crippen LogP contribution in [-0.2, 0) is 12.7 Å². The number of aliphatic hydroxyl groups excluding tert-OH is 2. The van der Waals surface area contributed by atoms with Gasteiger partial charge in [-0.1, -0.05) is 18.2 Å². The van der Waals surface area contributed by atoms with Gasteiger partial charge in [0.1, 0.15) is 6.33 Å². The van der Waals surface area contributed by atoms with Crippen molar-refractivity contribution in [3.05, 3.63) is 59.7 Å². The van der Waals surface area contributed by atoms with E-state index < -0.39 is 30.0 Å². The Hall–Kier alpha value is -2.03. The summed E-state index contributed by atoms with van der Waals surface area (Å²) in [5.41, 5.74) is 0.498. The van der Waals surface area contributed by atoms with Gasteiger partial charge < -0.3 is 15.5 Å². The largest absolute Gasteiger partial charge is 0.416 e. The van der Waals surface area contributed by atoms with Crippen molar-refractivity contribution < 1.29 is 23.4 Å². The highest BCUT2D eigenvalue weighted by Gasteiger charge is 2.42. The molecule has 5 nitrogen and oxygen atoms in total. The quantitative estimate of drug-likeness (QED) is 0.782. The van der Waals surface area contributed by atoms with Crippen molar-refractivity contribution in [1.29, 1.82) is 0 Å². The number of rotatable bonds is 4. The average Bonchev–Trinajstić information content (AvgIpc) is 2.88. The van der Waals surface area contributed by atoms with E-state index >= 15 is 0 Å². The topological polar surface area (TPSA) is 78.3 Å². The maximum Gasteiger partial charge on any atom is 0.416 e. The smallest absolute Gasteiger partial charge is 0.390 e. The van der Waals surface area contributed by atoms with Crippen LogP contribution >= 0.6 is 0 Å². The van der Waals surface area contributed by atoms with Crippen molar-refractivity contribution >= 4 is 0 Å². The second kappa shape index (κ2) is 7.07. The maximum absolute atomic E-state index is 12.8. The molecule has 8 heteroatoms. The van der Waals surface area contributed by atoms with Gasteiger partial charge in [0, 0.05) is 30.9 Å². The Balaban J connectivity index is 1.74. The van der Waals surface area contributed by atoms with Gasteiger partial charge in [0.05, 0.1) is 17.8 Å². The molecule has 0 radical (unpaired) electrons. The molecule has 3 rings (SSSR count). The van der Waals surface area contributed by atoms with Gasteiger partial charge in [-0.2, -0.15) is 13.2 Å². The Morgan fingerprint density at radius 1 is 1.16 bits per heavy atom. The normalized spacial score (nSPS) is 26.8. The number of alkyl halides is 3. The summed E-state index contributed by atoms with van der Waals surface area (Å²) in [6.07, 6.45) is -1.39. The molecule has 1 aromatic heterocycles. The second-order valence-electron chi connectivity index (χ2n) is 6.18. The molecule has 0 saturated heterocycles. The molecule has 1 fully saturated rings. The fraction of sp³-hybridized carbons (Fsp3) is 0.412. The lowest BCUT2D eigenvalue weighted by atomic mass is 9.95. The zero-order valence-corrected chi connectivity index (χ0v) is 13.2. The molecule has 0 bridgehead atoms. The standard InChI is InChI=1S/C17H18F3N3O2/c18-17(19,20)12-3-1-2-10(4-12)6-23-15-13(5-14(24)16(15)25)11-7-21-9-22-8-11/h1-4,7-9,13-16,23-25H,5-6H2/t13-,14-,15-,16-/m1/s1. The van der Waals surface area contributed by atoms with Crippen LogP contribution in [-0.4, -0.2) is 38.4 Å². The van der Waals surface area contributed by atoms with Gasteiger partial charge in [0.2, 0.25) is 0 Å². The summed E-state index contributed by atoms with van der Waals surface area (Å²) >= 11 is 0. The van der Waals surface area contributed by atoms with Crippen molar-refractivity contribution in [2.45, 2.75) is 43.3 Å². The Morgan fingerprint density at radius 2 is 1.88 bits per heavy atom. The van der Waals surface area contributed by atoms with E-state index in [-0.39, 0.29) is 12.5 Å². The molecule has 0 unspecified atom stereocenters. The number of aliphatic hydroxyl groups is 2. The minimum atomic E-state index is -4.40. The van der Waals surface area contributed by atoms with Gasteiger partial charge >= 0.3 is 6.18 Å². The predicted octanol–water partition coefficient (Wildman–Crippen LogP) is 1.86. The predicted molar refractivity (Wildman–Crippen MR) is 83.5 cm³/mol. The molecule has 25 heavy (non-hydrogen) atoms. The number of nitrogens with one attached hydrogen (secondary N) is 1. The van der Waals surface area contributed by atoms with Crippen molar-refractivity contribution in [2.75, 3.05) is 0 Å². The van der Waals surface area contributed by atoms with Crippen LogP contribution in [0.4, 0.5) is 13.2 Å². The highest BCUT2D eigenvalue weighted by Crippen LogP contribution is 2.35. The van der Waals surface area contributed by atoms with Crippen LogP contribution in [0, 0.1) is 0 Å². The lowest BCUT2D eigenvalue weighted by Gasteiger charge is -2.23. The van der Waals surface area contributed by atoms with E-state index in [1.807, 2.05) is 0 Å². The first-order valence-corrected chi connectivity index (χ1v) is 7.87. The Kier molecular flexibility index (Phi) is 5.03. The third-order valence-electron chi connectivity index (χ3n) is 4.50. The van der Waals surface area contributed by atoms with Crippen LogP contribution in [0.1, 0.15) is 29.0 Å². The monoisotopic (exact) mass is 353 g/mol. The molecule has 4 atom stereocenters. The van der Waals surface area contributed by atoms with Gasteiger partial charge in [-0.3, -0.25) is 0 Å². The maximum atomic E-state index is 12.8. The zero-order chi connectivity index (χ0) is 18.0. The van der Waals surface area contributed by atoms with Gasteiger partial charge in [-0.05, 0) is 23.6 Å². The Bertz CT molecular complexity index is 712. The molecule has 134 valence electrons. The SMILES string of the molecule is O[C@H]1[C@H](NCc2cccc(C(F)(F)F)c2)[C@@H](c2cncnc2)C[C@H]1O.